The van der Waals surface area contributed by atoms with E-state index in [9.17, 15) is 4.79 Å². The molecule has 0 bridgehead atoms. The first-order valence-electron chi connectivity index (χ1n) is 4.81. The maximum atomic E-state index is 11.3. The molecule has 0 saturated carbocycles. The van der Waals surface area contributed by atoms with Gasteiger partial charge in [0.2, 0.25) is 0 Å². The predicted octanol–water partition coefficient (Wildman–Crippen LogP) is 1.59. The summed E-state index contributed by atoms with van der Waals surface area (Å²) < 4.78 is 0. The van der Waals surface area contributed by atoms with Gasteiger partial charge < -0.3 is 5.32 Å². The number of carbonyl (C=O) groups is 1. The van der Waals surface area contributed by atoms with Gasteiger partial charge in [-0.2, -0.15) is 0 Å². The van der Waals surface area contributed by atoms with E-state index in [0.29, 0.717) is 10.8 Å². The minimum atomic E-state index is -0.192. The molecule has 1 aromatic rings. The van der Waals surface area contributed by atoms with Crippen LogP contribution in [0.15, 0.2) is 48.2 Å². The van der Waals surface area contributed by atoms with Crippen LogP contribution >= 0.6 is 12.2 Å². The molecule has 0 aromatic heterocycles. The number of carbonyl (C=O) groups excluding carboxylic acids is 1. The van der Waals surface area contributed by atoms with Crippen LogP contribution in [-0.4, -0.2) is 11.0 Å². The summed E-state index contributed by atoms with van der Waals surface area (Å²) in [4.78, 5) is 11.3. The molecule has 1 saturated heterocycles. The second-order valence-electron chi connectivity index (χ2n) is 3.26. The molecule has 1 amide bonds. The van der Waals surface area contributed by atoms with Crippen LogP contribution < -0.4 is 10.6 Å². The first kappa shape index (κ1) is 10.6. The fourth-order valence-electron chi connectivity index (χ4n) is 1.32. The van der Waals surface area contributed by atoms with Crippen molar-refractivity contribution in [3.05, 3.63) is 53.7 Å². The first-order valence-corrected chi connectivity index (χ1v) is 5.22. The van der Waals surface area contributed by atoms with E-state index in [-0.39, 0.29) is 5.91 Å². The molecule has 2 rings (SSSR count). The molecular weight excluding hydrogens is 220 g/mol. The molecule has 1 fully saturated rings. The molecule has 2 N–H and O–H groups in total. The van der Waals surface area contributed by atoms with Crippen LogP contribution in [0.4, 0.5) is 0 Å². The summed E-state index contributed by atoms with van der Waals surface area (Å²) in [7, 11) is 0. The zero-order valence-corrected chi connectivity index (χ0v) is 9.25. The first-order chi connectivity index (χ1) is 7.75. The highest BCUT2D eigenvalue weighted by Crippen LogP contribution is 2.03. The molecular formula is C12H10N2OS. The minimum Gasteiger partial charge on any atom is -0.328 e. The molecule has 0 radical (unpaired) electrons. The van der Waals surface area contributed by atoms with E-state index in [1.165, 1.54) is 0 Å². The van der Waals surface area contributed by atoms with E-state index < -0.39 is 0 Å². The molecule has 80 valence electrons. The summed E-state index contributed by atoms with van der Waals surface area (Å²) >= 11 is 4.81. The summed E-state index contributed by atoms with van der Waals surface area (Å²) in [6.45, 7) is 0. The van der Waals surface area contributed by atoms with Crippen molar-refractivity contribution in [1.29, 1.82) is 0 Å². The Bertz CT molecular complexity index is 477. The number of amides is 1. The van der Waals surface area contributed by atoms with Crippen molar-refractivity contribution in [3.63, 3.8) is 0 Å². The molecule has 1 aliphatic heterocycles. The van der Waals surface area contributed by atoms with Crippen molar-refractivity contribution in [1.82, 2.24) is 10.6 Å². The lowest BCUT2D eigenvalue weighted by Gasteiger charge is -1.91. The third kappa shape index (κ3) is 2.55. The van der Waals surface area contributed by atoms with E-state index in [1.54, 1.807) is 6.08 Å². The Hall–Kier alpha value is -1.94. The number of nitrogens with one attached hydrogen (secondary N) is 2. The maximum Gasteiger partial charge on any atom is 0.273 e. The average molecular weight is 230 g/mol. The van der Waals surface area contributed by atoms with Crippen LogP contribution in [0, 0.1) is 0 Å². The molecule has 1 aliphatic rings. The third-order valence-corrected chi connectivity index (χ3v) is 2.28. The highest BCUT2D eigenvalue weighted by molar-refractivity contribution is 7.80. The third-order valence-electron chi connectivity index (χ3n) is 2.07. The van der Waals surface area contributed by atoms with Gasteiger partial charge in [0.25, 0.3) is 5.91 Å². The van der Waals surface area contributed by atoms with Gasteiger partial charge in [0, 0.05) is 0 Å². The van der Waals surface area contributed by atoms with Gasteiger partial charge in [-0.05, 0) is 23.9 Å². The van der Waals surface area contributed by atoms with Crippen molar-refractivity contribution in [3.8, 4) is 0 Å². The summed E-state index contributed by atoms with van der Waals surface area (Å²) in [6, 6.07) is 9.86. The number of benzene rings is 1. The zero-order chi connectivity index (χ0) is 11.4. The Balaban J connectivity index is 2.07. The summed E-state index contributed by atoms with van der Waals surface area (Å²) in [5.74, 6) is -0.192. The van der Waals surface area contributed by atoms with Gasteiger partial charge in [0.05, 0.1) is 0 Å². The second kappa shape index (κ2) is 4.72. The largest absolute Gasteiger partial charge is 0.328 e. The van der Waals surface area contributed by atoms with Crippen LogP contribution in [0.1, 0.15) is 5.56 Å². The normalized spacial score (nSPS) is 17.9. The molecule has 0 atom stereocenters. The van der Waals surface area contributed by atoms with Gasteiger partial charge >= 0.3 is 0 Å². The molecule has 0 aliphatic carbocycles. The number of rotatable bonds is 2. The molecule has 1 heterocycles. The molecule has 16 heavy (non-hydrogen) atoms. The van der Waals surface area contributed by atoms with Crippen LogP contribution in [0.2, 0.25) is 0 Å². The summed E-state index contributed by atoms with van der Waals surface area (Å²) in [5.41, 5.74) is 1.55. The Morgan fingerprint density at radius 1 is 1.12 bits per heavy atom. The lowest BCUT2D eigenvalue weighted by atomic mass is 10.2. The van der Waals surface area contributed by atoms with E-state index in [1.807, 2.05) is 42.5 Å². The minimum absolute atomic E-state index is 0.192. The van der Waals surface area contributed by atoms with Gasteiger partial charge in [-0.3, -0.25) is 10.1 Å². The van der Waals surface area contributed by atoms with Crippen molar-refractivity contribution in [2.45, 2.75) is 0 Å². The fourth-order valence-corrected chi connectivity index (χ4v) is 1.52. The number of allylic oxidation sites excluding steroid dienone is 2. The molecule has 0 spiro atoms. The Labute approximate surface area is 98.9 Å². The van der Waals surface area contributed by atoms with Crippen molar-refractivity contribution in [2.24, 2.45) is 0 Å². The molecule has 3 nitrogen and oxygen atoms in total. The average Bonchev–Trinajstić information content (AvgIpc) is 2.59. The van der Waals surface area contributed by atoms with Crippen LogP contribution in [0.3, 0.4) is 0 Å². The standard InChI is InChI=1S/C12H10N2OS/c15-11-10(13-12(16)14-11)8-4-7-9-5-2-1-3-6-9/h1-8H,(H2,13,14,15,16)/b7-4+,10-8+. The quantitative estimate of drug-likeness (QED) is 0.599. The number of thiocarbonyl (C=S) groups is 1. The predicted molar refractivity (Wildman–Crippen MR) is 67.4 cm³/mol. The summed E-state index contributed by atoms with van der Waals surface area (Å²) in [6.07, 6.45) is 5.43. The summed E-state index contributed by atoms with van der Waals surface area (Å²) in [5, 5.41) is 5.62. The van der Waals surface area contributed by atoms with E-state index in [4.69, 9.17) is 12.2 Å². The van der Waals surface area contributed by atoms with Gasteiger partial charge in [0.1, 0.15) is 5.70 Å². The van der Waals surface area contributed by atoms with Crippen LogP contribution in [0.25, 0.3) is 6.08 Å². The van der Waals surface area contributed by atoms with Gasteiger partial charge in [-0.15, -0.1) is 0 Å². The highest BCUT2D eigenvalue weighted by Gasteiger charge is 2.18. The monoisotopic (exact) mass is 230 g/mol. The smallest absolute Gasteiger partial charge is 0.273 e. The number of hydrogen-bond acceptors (Lipinski definition) is 2. The topological polar surface area (TPSA) is 41.1 Å². The van der Waals surface area contributed by atoms with E-state index >= 15 is 0 Å². The lowest BCUT2D eigenvalue weighted by Crippen LogP contribution is -2.21. The van der Waals surface area contributed by atoms with Crippen molar-refractivity contribution >= 4 is 29.3 Å². The van der Waals surface area contributed by atoms with Crippen LogP contribution in [-0.2, 0) is 4.79 Å². The SMILES string of the molecule is O=C1NC(=S)N/C1=C/C=C/c1ccccc1. The van der Waals surface area contributed by atoms with Crippen LogP contribution in [0.5, 0.6) is 0 Å². The maximum absolute atomic E-state index is 11.3. The highest BCUT2D eigenvalue weighted by atomic mass is 32.1. The Kier molecular flexibility index (Phi) is 3.12. The van der Waals surface area contributed by atoms with E-state index in [2.05, 4.69) is 10.6 Å². The van der Waals surface area contributed by atoms with Crippen molar-refractivity contribution < 1.29 is 4.79 Å². The molecule has 0 unspecified atom stereocenters. The fraction of sp³-hybridized carbons (Fsp3) is 0. The molecule has 1 aromatic carbocycles. The van der Waals surface area contributed by atoms with Crippen molar-refractivity contribution in [2.75, 3.05) is 0 Å². The Morgan fingerprint density at radius 2 is 1.88 bits per heavy atom. The zero-order valence-electron chi connectivity index (χ0n) is 8.44. The lowest BCUT2D eigenvalue weighted by molar-refractivity contribution is -0.115. The van der Waals surface area contributed by atoms with Gasteiger partial charge in [-0.25, -0.2) is 0 Å². The number of hydrogen-bond donors (Lipinski definition) is 2. The second-order valence-corrected chi connectivity index (χ2v) is 3.67. The Morgan fingerprint density at radius 3 is 2.50 bits per heavy atom. The van der Waals surface area contributed by atoms with E-state index in [0.717, 1.165) is 5.56 Å². The molecule has 4 heteroatoms. The van der Waals surface area contributed by atoms with Gasteiger partial charge in [0.15, 0.2) is 5.11 Å². The van der Waals surface area contributed by atoms with Gasteiger partial charge in [-0.1, -0.05) is 42.5 Å².